The molecule has 1 aliphatic heterocycles. The van der Waals surface area contributed by atoms with Crippen molar-refractivity contribution in [1.82, 2.24) is 0 Å². The third-order valence-electron chi connectivity index (χ3n) is 2.51. The number of carbonyl (C=O) groups excluding carboxylic acids is 1. The van der Waals surface area contributed by atoms with Gasteiger partial charge in [-0.25, -0.2) is 0 Å². The van der Waals surface area contributed by atoms with Crippen molar-refractivity contribution in [1.29, 1.82) is 0 Å². The van der Waals surface area contributed by atoms with Gasteiger partial charge in [-0.1, -0.05) is 12.1 Å². The average Bonchev–Trinajstić information content (AvgIpc) is 2.67. The smallest absolute Gasteiger partial charge is 0.248 e. The van der Waals surface area contributed by atoms with E-state index in [2.05, 4.69) is 0 Å². The van der Waals surface area contributed by atoms with Gasteiger partial charge in [0.05, 0.1) is 13.2 Å². The van der Waals surface area contributed by atoms with E-state index in [1.165, 1.54) is 0 Å². The standard InChI is InChI=1S/C11H13NO3/c1-11(14-5-6-15-11)9-4-2-3-8(7-9)10(12)13/h2-4,7H,5-6H2,1H3,(H2,12,13). The van der Waals surface area contributed by atoms with Gasteiger partial charge in [0.1, 0.15) is 0 Å². The summed E-state index contributed by atoms with van der Waals surface area (Å²) in [6, 6.07) is 7.00. The van der Waals surface area contributed by atoms with Crippen LogP contribution in [0.5, 0.6) is 0 Å². The minimum atomic E-state index is -0.745. The maximum Gasteiger partial charge on any atom is 0.248 e. The summed E-state index contributed by atoms with van der Waals surface area (Å²) in [5.74, 6) is -1.19. The number of benzene rings is 1. The molecule has 0 radical (unpaired) electrons. The molecular weight excluding hydrogens is 194 g/mol. The molecule has 2 N–H and O–H groups in total. The number of amides is 1. The molecule has 15 heavy (non-hydrogen) atoms. The summed E-state index contributed by atoms with van der Waals surface area (Å²) in [6.45, 7) is 2.97. The molecule has 1 heterocycles. The van der Waals surface area contributed by atoms with E-state index in [0.29, 0.717) is 18.8 Å². The van der Waals surface area contributed by atoms with Crippen molar-refractivity contribution in [3.05, 3.63) is 35.4 Å². The van der Waals surface area contributed by atoms with E-state index >= 15 is 0 Å². The summed E-state index contributed by atoms with van der Waals surface area (Å²) in [5.41, 5.74) is 6.49. The van der Waals surface area contributed by atoms with Crippen LogP contribution in [0.15, 0.2) is 24.3 Å². The van der Waals surface area contributed by atoms with Crippen molar-refractivity contribution in [2.24, 2.45) is 5.73 Å². The lowest BCUT2D eigenvalue weighted by Gasteiger charge is -2.22. The van der Waals surface area contributed by atoms with E-state index in [1.807, 2.05) is 13.0 Å². The quantitative estimate of drug-likeness (QED) is 0.787. The zero-order valence-corrected chi connectivity index (χ0v) is 8.53. The minimum absolute atomic E-state index is 0.446. The molecule has 1 saturated heterocycles. The van der Waals surface area contributed by atoms with Gasteiger partial charge in [0.25, 0.3) is 0 Å². The zero-order valence-electron chi connectivity index (χ0n) is 8.53. The third-order valence-corrected chi connectivity index (χ3v) is 2.51. The number of ether oxygens (including phenoxy) is 2. The molecule has 0 aromatic heterocycles. The first-order valence-corrected chi connectivity index (χ1v) is 4.80. The van der Waals surface area contributed by atoms with Crippen LogP contribution < -0.4 is 5.73 Å². The van der Waals surface area contributed by atoms with Crippen LogP contribution in [-0.2, 0) is 15.3 Å². The number of nitrogens with two attached hydrogens (primary N) is 1. The first-order chi connectivity index (χ1) is 7.12. The third kappa shape index (κ3) is 1.86. The number of primary amides is 1. The molecule has 0 aliphatic carbocycles. The molecular formula is C11H13NO3. The second-order valence-electron chi connectivity index (χ2n) is 3.59. The van der Waals surface area contributed by atoms with Crippen LogP contribution in [0, 0.1) is 0 Å². The van der Waals surface area contributed by atoms with Crippen molar-refractivity contribution in [2.75, 3.05) is 13.2 Å². The lowest BCUT2D eigenvalue weighted by Crippen LogP contribution is -2.23. The van der Waals surface area contributed by atoms with Crippen LogP contribution >= 0.6 is 0 Å². The second-order valence-corrected chi connectivity index (χ2v) is 3.59. The Labute approximate surface area is 88.0 Å². The molecule has 4 heteroatoms. The maximum atomic E-state index is 11.0. The molecule has 4 nitrogen and oxygen atoms in total. The zero-order chi connectivity index (χ0) is 10.9. The van der Waals surface area contributed by atoms with Crippen LogP contribution in [0.4, 0.5) is 0 Å². The predicted octanol–water partition coefficient (Wildman–Crippen LogP) is 1.01. The molecule has 1 aliphatic rings. The summed E-state index contributed by atoms with van der Waals surface area (Å²) in [6.07, 6.45) is 0. The highest BCUT2D eigenvalue weighted by Gasteiger charge is 2.33. The van der Waals surface area contributed by atoms with Crippen LogP contribution in [0.25, 0.3) is 0 Å². The molecule has 1 aromatic carbocycles. The lowest BCUT2D eigenvalue weighted by atomic mass is 10.0. The molecule has 80 valence electrons. The topological polar surface area (TPSA) is 61.6 Å². The largest absolute Gasteiger partial charge is 0.366 e. The molecule has 1 amide bonds. The SMILES string of the molecule is CC1(c2cccc(C(N)=O)c2)OCCO1. The molecule has 2 rings (SSSR count). The van der Waals surface area contributed by atoms with E-state index in [4.69, 9.17) is 15.2 Å². The Morgan fingerprint density at radius 1 is 1.40 bits per heavy atom. The molecule has 0 saturated carbocycles. The highest BCUT2D eigenvalue weighted by molar-refractivity contribution is 5.92. The molecule has 0 spiro atoms. The van der Waals surface area contributed by atoms with Gasteiger partial charge < -0.3 is 15.2 Å². The molecule has 0 atom stereocenters. The number of hydrogen-bond acceptors (Lipinski definition) is 3. The fraction of sp³-hybridized carbons (Fsp3) is 0.364. The van der Waals surface area contributed by atoms with E-state index in [1.54, 1.807) is 18.2 Å². The Bertz CT molecular complexity index is 383. The number of rotatable bonds is 2. The summed E-state index contributed by atoms with van der Waals surface area (Å²) in [4.78, 5) is 11.0. The van der Waals surface area contributed by atoms with Gasteiger partial charge in [0, 0.05) is 11.1 Å². The van der Waals surface area contributed by atoms with Crippen molar-refractivity contribution >= 4 is 5.91 Å². The van der Waals surface area contributed by atoms with Crippen LogP contribution in [0.2, 0.25) is 0 Å². The van der Waals surface area contributed by atoms with Gasteiger partial charge in [-0.3, -0.25) is 4.79 Å². The van der Waals surface area contributed by atoms with Gasteiger partial charge in [-0.2, -0.15) is 0 Å². The highest BCUT2D eigenvalue weighted by atomic mass is 16.7. The Morgan fingerprint density at radius 2 is 2.07 bits per heavy atom. The van der Waals surface area contributed by atoms with E-state index < -0.39 is 11.7 Å². The average molecular weight is 207 g/mol. The summed E-state index contributed by atoms with van der Waals surface area (Å²) < 4.78 is 11.0. The fourth-order valence-corrected chi connectivity index (χ4v) is 1.64. The van der Waals surface area contributed by atoms with E-state index in [-0.39, 0.29) is 0 Å². The molecule has 1 fully saturated rings. The van der Waals surface area contributed by atoms with Crippen molar-refractivity contribution in [3.8, 4) is 0 Å². The summed E-state index contributed by atoms with van der Waals surface area (Å²) in [7, 11) is 0. The van der Waals surface area contributed by atoms with Crippen LogP contribution in [-0.4, -0.2) is 19.1 Å². The van der Waals surface area contributed by atoms with Crippen LogP contribution in [0.1, 0.15) is 22.8 Å². The molecule has 1 aromatic rings. The fourth-order valence-electron chi connectivity index (χ4n) is 1.64. The monoisotopic (exact) mass is 207 g/mol. The predicted molar refractivity (Wildman–Crippen MR) is 54.2 cm³/mol. The highest BCUT2D eigenvalue weighted by Crippen LogP contribution is 2.30. The van der Waals surface area contributed by atoms with Gasteiger partial charge in [-0.05, 0) is 19.1 Å². The van der Waals surface area contributed by atoms with Gasteiger partial charge >= 0.3 is 0 Å². The maximum absolute atomic E-state index is 11.0. The van der Waals surface area contributed by atoms with Crippen molar-refractivity contribution < 1.29 is 14.3 Å². The van der Waals surface area contributed by atoms with Gasteiger partial charge in [0.15, 0.2) is 5.79 Å². The second kappa shape index (κ2) is 3.64. The van der Waals surface area contributed by atoms with Gasteiger partial charge in [-0.15, -0.1) is 0 Å². The van der Waals surface area contributed by atoms with E-state index in [9.17, 15) is 4.79 Å². The van der Waals surface area contributed by atoms with Crippen molar-refractivity contribution in [3.63, 3.8) is 0 Å². The number of carbonyl (C=O) groups is 1. The minimum Gasteiger partial charge on any atom is -0.366 e. The number of hydrogen-bond donors (Lipinski definition) is 1. The lowest BCUT2D eigenvalue weighted by molar-refractivity contribution is -0.149. The van der Waals surface area contributed by atoms with E-state index in [0.717, 1.165) is 5.56 Å². The Morgan fingerprint density at radius 3 is 2.67 bits per heavy atom. The molecule has 0 unspecified atom stereocenters. The van der Waals surface area contributed by atoms with Crippen molar-refractivity contribution in [2.45, 2.75) is 12.7 Å². The first kappa shape index (κ1) is 10.1. The normalized spacial score (nSPS) is 19.0. The summed E-state index contributed by atoms with van der Waals surface area (Å²) >= 11 is 0. The van der Waals surface area contributed by atoms with Crippen LogP contribution in [0.3, 0.4) is 0 Å². The Hall–Kier alpha value is -1.39. The Kier molecular flexibility index (Phi) is 2.46. The summed E-state index contributed by atoms with van der Waals surface area (Å²) in [5, 5.41) is 0. The Balaban J connectivity index is 2.36. The molecule has 0 bridgehead atoms. The first-order valence-electron chi connectivity index (χ1n) is 4.80. The van der Waals surface area contributed by atoms with Gasteiger partial charge in [0.2, 0.25) is 5.91 Å².